The summed E-state index contributed by atoms with van der Waals surface area (Å²) in [5.41, 5.74) is 6.29. The van der Waals surface area contributed by atoms with Gasteiger partial charge in [0.05, 0.1) is 0 Å². The molecular formula is C20H26Ge. The molecule has 2 radical (unpaired) electrons. The van der Waals surface area contributed by atoms with Gasteiger partial charge in [-0.2, -0.15) is 0 Å². The summed E-state index contributed by atoms with van der Waals surface area (Å²) in [6.45, 7) is 9.15. The standard InChI is InChI=1S/C20H26Ge/c1-5-15-11-9-12-16(6-2)19(15)21-20-17(7-3)13-10-14-18(20)8-4/h9-14H,5-8H2,1-4H3. The van der Waals surface area contributed by atoms with E-state index in [1.165, 1.54) is 0 Å². The van der Waals surface area contributed by atoms with Crippen LogP contribution in [0.4, 0.5) is 0 Å². The van der Waals surface area contributed by atoms with E-state index in [1.807, 2.05) is 0 Å². The molecule has 0 atom stereocenters. The third kappa shape index (κ3) is 3.60. The van der Waals surface area contributed by atoms with Crippen molar-refractivity contribution < 1.29 is 0 Å². The molecule has 0 saturated carbocycles. The van der Waals surface area contributed by atoms with Gasteiger partial charge in [-0.05, 0) is 0 Å². The Morgan fingerprint density at radius 3 is 1.10 bits per heavy atom. The molecule has 0 nitrogen and oxygen atoms in total. The first-order valence-corrected chi connectivity index (χ1v) is 10.3. The predicted octanol–water partition coefficient (Wildman–Crippen LogP) is 3.59. The van der Waals surface area contributed by atoms with Crippen molar-refractivity contribution in [2.45, 2.75) is 53.4 Å². The van der Waals surface area contributed by atoms with Crippen LogP contribution in [0.15, 0.2) is 36.4 Å². The molecule has 0 aliphatic rings. The monoisotopic (exact) mass is 340 g/mol. The van der Waals surface area contributed by atoms with Crippen LogP contribution in [0.25, 0.3) is 0 Å². The molecular weight excluding hydrogens is 313 g/mol. The first-order valence-electron chi connectivity index (χ1n) is 8.23. The fourth-order valence-corrected chi connectivity index (χ4v) is 6.99. The van der Waals surface area contributed by atoms with Crippen molar-refractivity contribution in [1.82, 2.24) is 0 Å². The zero-order valence-corrected chi connectivity index (χ0v) is 15.9. The van der Waals surface area contributed by atoms with E-state index in [2.05, 4.69) is 64.1 Å². The van der Waals surface area contributed by atoms with E-state index in [9.17, 15) is 0 Å². The quantitative estimate of drug-likeness (QED) is 0.706. The summed E-state index contributed by atoms with van der Waals surface area (Å²) in [6, 6.07) is 13.8. The Morgan fingerprint density at radius 2 is 0.857 bits per heavy atom. The first kappa shape index (κ1) is 16.4. The van der Waals surface area contributed by atoms with Crippen LogP contribution in [0.1, 0.15) is 49.9 Å². The summed E-state index contributed by atoms with van der Waals surface area (Å²) < 4.78 is 3.39. The molecule has 21 heavy (non-hydrogen) atoms. The molecule has 0 spiro atoms. The number of hydrogen-bond donors (Lipinski definition) is 0. The van der Waals surface area contributed by atoms with Gasteiger partial charge < -0.3 is 0 Å². The summed E-state index contributed by atoms with van der Waals surface area (Å²) in [6.07, 6.45) is 4.62. The Balaban J connectivity index is 2.52. The average Bonchev–Trinajstić information content (AvgIpc) is 2.55. The molecule has 110 valence electrons. The Labute approximate surface area is 136 Å². The van der Waals surface area contributed by atoms with Crippen molar-refractivity contribution in [2.75, 3.05) is 0 Å². The zero-order valence-electron chi connectivity index (χ0n) is 13.8. The summed E-state index contributed by atoms with van der Waals surface area (Å²) in [5.74, 6) is 0. The summed E-state index contributed by atoms with van der Waals surface area (Å²) >= 11 is -0.245. The van der Waals surface area contributed by atoms with Crippen LogP contribution in [-0.2, 0) is 25.7 Å². The van der Waals surface area contributed by atoms with Crippen LogP contribution in [0.5, 0.6) is 0 Å². The Bertz CT molecular complexity index is 501. The van der Waals surface area contributed by atoms with Crippen LogP contribution in [0, 0.1) is 0 Å². The minimum absolute atomic E-state index is 0.245. The van der Waals surface area contributed by atoms with E-state index >= 15 is 0 Å². The Kier molecular flexibility index (Phi) is 6.11. The molecule has 0 aliphatic heterocycles. The summed E-state index contributed by atoms with van der Waals surface area (Å²) in [5, 5.41) is 0. The molecule has 0 saturated heterocycles. The maximum absolute atomic E-state index is 2.33. The molecule has 0 bridgehead atoms. The van der Waals surface area contributed by atoms with Crippen molar-refractivity contribution in [3.63, 3.8) is 0 Å². The zero-order chi connectivity index (χ0) is 15.2. The van der Waals surface area contributed by atoms with Gasteiger partial charge in [0.15, 0.2) is 0 Å². The van der Waals surface area contributed by atoms with E-state index in [0.717, 1.165) is 25.7 Å². The van der Waals surface area contributed by atoms with E-state index in [-0.39, 0.29) is 15.4 Å². The maximum atomic E-state index is 2.33. The molecule has 1 heteroatoms. The van der Waals surface area contributed by atoms with Crippen molar-refractivity contribution in [1.29, 1.82) is 0 Å². The number of hydrogen-bond acceptors (Lipinski definition) is 0. The topological polar surface area (TPSA) is 0 Å². The molecule has 2 aromatic carbocycles. The number of aryl methyl sites for hydroxylation is 4. The van der Waals surface area contributed by atoms with Gasteiger partial charge in [-0.15, -0.1) is 0 Å². The van der Waals surface area contributed by atoms with Crippen LogP contribution in [0.3, 0.4) is 0 Å². The molecule has 0 amide bonds. The van der Waals surface area contributed by atoms with Crippen molar-refractivity contribution >= 4 is 24.2 Å². The second kappa shape index (κ2) is 7.84. The van der Waals surface area contributed by atoms with Crippen molar-refractivity contribution in [3.05, 3.63) is 58.7 Å². The van der Waals surface area contributed by atoms with Crippen molar-refractivity contribution in [2.24, 2.45) is 0 Å². The van der Waals surface area contributed by atoms with Gasteiger partial charge in [-0.3, -0.25) is 0 Å². The second-order valence-electron chi connectivity index (χ2n) is 5.44. The number of rotatable bonds is 6. The average molecular weight is 339 g/mol. The van der Waals surface area contributed by atoms with Crippen molar-refractivity contribution in [3.8, 4) is 0 Å². The fraction of sp³-hybridized carbons (Fsp3) is 0.400. The molecule has 0 fully saturated rings. The second-order valence-corrected chi connectivity index (χ2v) is 8.06. The van der Waals surface area contributed by atoms with Gasteiger partial charge in [-0.1, -0.05) is 0 Å². The van der Waals surface area contributed by atoms with Gasteiger partial charge in [0.1, 0.15) is 0 Å². The van der Waals surface area contributed by atoms with Crippen LogP contribution < -0.4 is 8.79 Å². The van der Waals surface area contributed by atoms with Crippen LogP contribution in [-0.4, -0.2) is 15.4 Å². The van der Waals surface area contributed by atoms with Gasteiger partial charge in [-0.25, -0.2) is 0 Å². The molecule has 0 aromatic heterocycles. The van der Waals surface area contributed by atoms with Gasteiger partial charge in [0.2, 0.25) is 0 Å². The molecule has 0 heterocycles. The minimum atomic E-state index is -0.245. The molecule has 0 unspecified atom stereocenters. The van der Waals surface area contributed by atoms with E-state index in [0.29, 0.717) is 0 Å². The molecule has 0 aliphatic carbocycles. The number of benzene rings is 2. The van der Waals surface area contributed by atoms with Gasteiger partial charge >= 0.3 is 136 Å². The third-order valence-corrected chi connectivity index (χ3v) is 7.99. The van der Waals surface area contributed by atoms with E-state index in [1.54, 1.807) is 31.0 Å². The summed E-state index contributed by atoms with van der Waals surface area (Å²) in [4.78, 5) is 0. The predicted molar refractivity (Wildman–Crippen MR) is 95.4 cm³/mol. The van der Waals surface area contributed by atoms with E-state index in [4.69, 9.17) is 0 Å². The molecule has 0 N–H and O–H groups in total. The van der Waals surface area contributed by atoms with E-state index < -0.39 is 0 Å². The fourth-order valence-electron chi connectivity index (χ4n) is 2.93. The SMILES string of the molecule is CCc1cccc(CC)[c]1[Ge][c]1c(CC)cccc1CC. The normalized spacial score (nSPS) is 10.9. The third-order valence-electron chi connectivity index (χ3n) is 4.25. The van der Waals surface area contributed by atoms with Crippen LogP contribution >= 0.6 is 0 Å². The van der Waals surface area contributed by atoms with Gasteiger partial charge in [0, 0.05) is 0 Å². The molecule has 2 rings (SSSR count). The summed E-state index contributed by atoms with van der Waals surface area (Å²) in [7, 11) is 0. The Hall–Kier alpha value is -1.02. The Morgan fingerprint density at radius 1 is 0.571 bits per heavy atom. The molecule has 2 aromatic rings. The van der Waals surface area contributed by atoms with Gasteiger partial charge in [0.25, 0.3) is 0 Å². The first-order chi connectivity index (χ1) is 10.2. The van der Waals surface area contributed by atoms with Crippen LogP contribution in [0.2, 0.25) is 0 Å².